The van der Waals surface area contributed by atoms with E-state index >= 15 is 0 Å². The Morgan fingerprint density at radius 1 is 1.32 bits per heavy atom. The molecule has 0 saturated heterocycles. The lowest BCUT2D eigenvalue weighted by Gasteiger charge is -2.05. The summed E-state index contributed by atoms with van der Waals surface area (Å²) in [5.41, 5.74) is 0.555. The Morgan fingerprint density at radius 2 is 2.12 bits per heavy atom. The van der Waals surface area contributed by atoms with E-state index in [2.05, 4.69) is 10.3 Å². The van der Waals surface area contributed by atoms with Gasteiger partial charge in [0.1, 0.15) is 18.6 Å². The zero-order chi connectivity index (χ0) is 18.2. The third-order valence-electron chi connectivity index (χ3n) is 2.97. The van der Waals surface area contributed by atoms with E-state index in [0.717, 1.165) is 6.20 Å². The molecule has 2 aromatic rings. The summed E-state index contributed by atoms with van der Waals surface area (Å²) in [6.45, 7) is 0.419. The summed E-state index contributed by atoms with van der Waals surface area (Å²) in [7, 11) is 0. The number of halogens is 2. The monoisotopic (exact) mass is 381 g/mol. The molecule has 0 bridgehead atoms. The maximum Gasteiger partial charge on any atom is 0.330 e. The molecule has 0 saturated carbocycles. The van der Waals surface area contributed by atoms with Gasteiger partial charge in [-0.2, -0.15) is 0 Å². The van der Waals surface area contributed by atoms with Gasteiger partial charge in [-0.05, 0) is 29.8 Å². The minimum Gasteiger partial charge on any atom is -0.461 e. The Bertz CT molecular complexity index is 794. The van der Waals surface area contributed by atoms with E-state index in [1.165, 1.54) is 24.3 Å². The lowest BCUT2D eigenvalue weighted by molar-refractivity contribution is -0.385. The molecule has 0 aliphatic carbocycles. The Morgan fingerprint density at radius 3 is 2.76 bits per heavy atom. The number of carbonyl (C=O) groups is 1. The molecule has 1 heterocycles. The molecule has 0 unspecified atom stereocenters. The van der Waals surface area contributed by atoms with E-state index in [1.54, 1.807) is 18.2 Å². The average Bonchev–Trinajstić information content (AvgIpc) is 2.58. The fraction of sp³-hybridized carbons (Fsp3) is 0.125. The van der Waals surface area contributed by atoms with Crippen molar-refractivity contribution in [3.8, 4) is 0 Å². The third-order valence-corrected chi connectivity index (χ3v) is 3.54. The van der Waals surface area contributed by atoms with Gasteiger partial charge in [-0.15, -0.1) is 0 Å². The first-order valence-electron chi connectivity index (χ1n) is 7.10. The van der Waals surface area contributed by atoms with Crippen LogP contribution in [0.4, 0.5) is 11.5 Å². The van der Waals surface area contributed by atoms with Gasteiger partial charge in [0.25, 0.3) is 5.69 Å². The minimum atomic E-state index is -0.530. The third kappa shape index (κ3) is 6.06. The fourth-order valence-electron chi connectivity index (χ4n) is 1.77. The van der Waals surface area contributed by atoms with Gasteiger partial charge in [0.05, 0.1) is 11.5 Å². The second kappa shape index (κ2) is 9.00. The molecule has 0 spiro atoms. The van der Waals surface area contributed by atoms with Gasteiger partial charge in [0, 0.05) is 22.2 Å². The second-order valence-electron chi connectivity index (χ2n) is 4.75. The first-order valence-corrected chi connectivity index (χ1v) is 7.85. The maximum atomic E-state index is 11.6. The quantitative estimate of drug-likeness (QED) is 0.256. The van der Waals surface area contributed by atoms with E-state index in [-0.39, 0.29) is 12.3 Å². The first-order chi connectivity index (χ1) is 12.0. The molecule has 0 radical (unpaired) electrons. The predicted octanol–water partition coefficient (Wildman–Crippen LogP) is 3.97. The number of hydrogen-bond acceptors (Lipinski definition) is 6. The lowest BCUT2D eigenvalue weighted by Crippen LogP contribution is -2.13. The molecule has 1 aromatic carbocycles. The highest BCUT2D eigenvalue weighted by atomic mass is 35.5. The molecule has 1 N–H and O–H groups in total. The van der Waals surface area contributed by atoms with Crippen LogP contribution in [0.25, 0.3) is 6.08 Å². The number of hydrogen-bond donors (Lipinski definition) is 1. The summed E-state index contributed by atoms with van der Waals surface area (Å²) in [5, 5.41) is 14.3. The molecule has 0 fully saturated rings. The Balaban J connectivity index is 1.74. The highest BCUT2D eigenvalue weighted by Crippen LogP contribution is 2.21. The van der Waals surface area contributed by atoms with Crippen LogP contribution in [0.3, 0.4) is 0 Å². The van der Waals surface area contributed by atoms with Gasteiger partial charge in [0.15, 0.2) is 0 Å². The summed E-state index contributed by atoms with van der Waals surface area (Å²) >= 11 is 11.8. The van der Waals surface area contributed by atoms with Crippen molar-refractivity contribution in [2.45, 2.75) is 0 Å². The van der Waals surface area contributed by atoms with Crippen molar-refractivity contribution in [1.29, 1.82) is 0 Å². The molecule has 9 heteroatoms. The number of rotatable bonds is 7. The van der Waals surface area contributed by atoms with Crippen LogP contribution in [-0.4, -0.2) is 29.0 Å². The lowest BCUT2D eigenvalue weighted by atomic mass is 10.2. The largest absolute Gasteiger partial charge is 0.461 e. The molecule has 0 atom stereocenters. The van der Waals surface area contributed by atoms with Crippen LogP contribution in [0.15, 0.2) is 42.6 Å². The van der Waals surface area contributed by atoms with Gasteiger partial charge >= 0.3 is 5.97 Å². The van der Waals surface area contributed by atoms with Gasteiger partial charge in [-0.1, -0.05) is 29.3 Å². The number of aromatic nitrogens is 1. The van der Waals surface area contributed by atoms with Crippen LogP contribution in [0, 0.1) is 10.1 Å². The van der Waals surface area contributed by atoms with E-state index in [0.29, 0.717) is 28.0 Å². The predicted molar refractivity (Wildman–Crippen MR) is 95.8 cm³/mol. The van der Waals surface area contributed by atoms with E-state index in [4.69, 9.17) is 27.9 Å². The molecule has 0 aliphatic heterocycles. The number of nitro groups is 1. The van der Waals surface area contributed by atoms with Gasteiger partial charge in [0.2, 0.25) is 0 Å². The summed E-state index contributed by atoms with van der Waals surface area (Å²) in [6.07, 6.45) is 3.94. The Kier molecular flexibility index (Phi) is 6.73. The number of nitrogens with one attached hydrogen (secondary N) is 1. The summed E-state index contributed by atoms with van der Waals surface area (Å²) in [6, 6.07) is 7.74. The molecular formula is C16H13Cl2N3O4. The van der Waals surface area contributed by atoms with Gasteiger partial charge in [-0.25, -0.2) is 9.78 Å². The number of pyridine rings is 1. The van der Waals surface area contributed by atoms with Crippen molar-refractivity contribution in [3.63, 3.8) is 0 Å². The minimum absolute atomic E-state index is 0.0945. The number of nitrogens with zero attached hydrogens (tertiary/aromatic N) is 2. The number of esters is 1. The van der Waals surface area contributed by atoms with Crippen LogP contribution in [0.5, 0.6) is 0 Å². The Labute approximate surface area is 153 Å². The zero-order valence-corrected chi connectivity index (χ0v) is 14.3. The maximum absolute atomic E-state index is 11.6. The topological polar surface area (TPSA) is 94.4 Å². The number of benzene rings is 1. The molecule has 7 nitrogen and oxygen atoms in total. The summed E-state index contributed by atoms with van der Waals surface area (Å²) < 4.78 is 5.02. The molecule has 1 aromatic heterocycles. The van der Waals surface area contributed by atoms with Crippen molar-refractivity contribution in [1.82, 2.24) is 4.98 Å². The zero-order valence-electron chi connectivity index (χ0n) is 12.8. The molecular weight excluding hydrogens is 369 g/mol. The van der Waals surface area contributed by atoms with Gasteiger partial charge < -0.3 is 10.1 Å². The molecule has 0 amide bonds. The van der Waals surface area contributed by atoms with Gasteiger partial charge in [-0.3, -0.25) is 10.1 Å². The average molecular weight is 382 g/mol. The molecule has 25 heavy (non-hydrogen) atoms. The molecule has 0 aliphatic rings. The Hall–Kier alpha value is -2.64. The standard InChI is InChI=1S/C16H13Cl2N3O4/c17-12-3-1-11(14(18)9-12)2-6-16(22)25-8-7-19-15-5-4-13(10-20-15)21(23)24/h1-6,9-10H,7-8H2,(H,19,20)/b6-2+. The van der Waals surface area contributed by atoms with Crippen LogP contribution in [-0.2, 0) is 9.53 Å². The summed E-state index contributed by atoms with van der Waals surface area (Å²) in [4.78, 5) is 25.5. The SMILES string of the molecule is O=C(/C=C/c1ccc(Cl)cc1Cl)OCCNc1ccc([N+](=O)[O-])cn1. The number of anilines is 1. The van der Waals surface area contributed by atoms with Crippen molar-refractivity contribution in [3.05, 3.63) is 68.3 Å². The normalized spacial score (nSPS) is 10.6. The van der Waals surface area contributed by atoms with Crippen molar-refractivity contribution >= 4 is 46.8 Å². The number of ether oxygens (including phenoxy) is 1. The van der Waals surface area contributed by atoms with E-state index in [9.17, 15) is 14.9 Å². The van der Waals surface area contributed by atoms with Crippen LogP contribution >= 0.6 is 23.2 Å². The van der Waals surface area contributed by atoms with E-state index < -0.39 is 10.9 Å². The van der Waals surface area contributed by atoms with Crippen molar-refractivity contribution < 1.29 is 14.5 Å². The van der Waals surface area contributed by atoms with Crippen molar-refractivity contribution in [2.24, 2.45) is 0 Å². The highest BCUT2D eigenvalue weighted by Gasteiger charge is 2.05. The highest BCUT2D eigenvalue weighted by molar-refractivity contribution is 6.35. The fourth-order valence-corrected chi connectivity index (χ4v) is 2.24. The van der Waals surface area contributed by atoms with Crippen LogP contribution < -0.4 is 5.32 Å². The van der Waals surface area contributed by atoms with Crippen LogP contribution in [0.2, 0.25) is 10.0 Å². The van der Waals surface area contributed by atoms with Crippen molar-refractivity contribution in [2.75, 3.05) is 18.5 Å². The molecule has 130 valence electrons. The summed E-state index contributed by atoms with van der Waals surface area (Å²) in [5.74, 6) is -0.0744. The second-order valence-corrected chi connectivity index (χ2v) is 5.60. The molecule has 2 rings (SSSR count). The number of carbonyl (C=O) groups excluding carboxylic acids is 1. The first kappa shape index (κ1) is 18.7. The van der Waals surface area contributed by atoms with Crippen LogP contribution in [0.1, 0.15) is 5.56 Å². The van der Waals surface area contributed by atoms with E-state index in [1.807, 2.05) is 0 Å². The smallest absolute Gasteiger partial charge is 0.330 e.